The van der Waals surface area contributed by atoms with Gasteiger partial charge >= 0.3 is 0 Å². The molecule has 0 atom stereocenters. The Balaban J connectivity index is 1.66. The molecule has 2 aromatic carbocycles. The molecule has 0 aliphatic carbocycles. The summed E-state index contributed by atoms with van der Waals surface area (Å²) in [5.41, 5.74) is 2.86. The highest BCUT2D eigenvalue weighted by Gasteiger charge is 2.16. The molecule has 1 heterocycles. The summed E-state index contributed by atoms with van der Waals surface area (Å²) in [5, 5.41) is 6.31. The van der Waals surface area contributed by atoms with Crippen molar-refractivity contribution < 1.29 is 9.59 Å². The molecule has 0 aliphatic rings. The zero-order valence-electron chi connectivity index (χ0n) is 15.9. The Morgan fingerprint density at radius 3 is 2.34 bits per heavy atom. The number of amides is 2. The molecular weight excluding hydrogens is 422 g/mol. The number of hydrogen-bond acceptors (Lipinski definition) is 6. The quantitative estimate of drug-likeness (QED) is 0.476. The van der Waals surface area contributed by atoms with Crippen LogP contribution in [0, 0.1) is 0 Å². The minimum Gasteiger partial charge on any atom is -0.358 e. The normalized spacial score (nSPS) is 10.5. The van der Waals surface area contributed by atoms with Gasteiger partial charge in [-0.1, -0.05) is 83.8 Å². The van der Waals surface area contributed by atoms with E-state index in [4.69, 9.17) is 0 Å². The third kappa shape index (κ3) is 6.62. The van der Waals surface area contributed by atoms with Gasteiger partial charge in [-0.15, -0.1) is 11.8 Å². The Hall–Kier alpha value is -2.29. The number of aromatic nitrogens is 1. The van der Waals surface area contributed by atoms with Crippen LogP contribution in [0.4, 0.5) is 5.00 Å². The van der Waals surface area contributed by atoms with E-state index < -0.39 is 0 Å². The Morgan fingerprint density at radius 1 is 0.966 bits per heavy atom. The van der Waals surface area contributed by atoms with E-state index in [1.807, 2.05) is 48.5 Å². The van der Waals surface area contributed by atoms with Gasteiger partial charge in [0.15, 0.2) is 4.34 Å². The molecule has 0 radical (unpaired) electrons. The molecular formula is C21H21N3O2S3. The zero-order valence-corrected chi connectivity index (χ0v) is 18.3. The lowest BCUT2D eigenvalue weighted by atomic mass is 10.2. The number of thiazole rings is 1. The molecule has 150 valence electrons. The predicted molar refractivity (Wildman–Crippen MR) is 124 cm³/mol. The van der Waals surface area contributed by atoms with Crippen molar-refractivity contribution in [3.63, 3.8) is 0 Å². The van der Waals surface area contributed by atoms with Crippen molar-refractivity contribution >= 4 is 51.7 Å². The molecule has 5 nitrogen and oxygen atoms in total. The molecule has 0 unspecified atom stereocenters. The number of nitrogens with zero attached hydrogens (tertiary/aromatic N) is 1. The second-order valence-electron chi connectivity index (χ2n) is 6.01. The molecule has 2 N–H and O–H groups in total. The molecule has 0 aliphatic heterocycles. The molecule has 0 bridgehead atoms. The van der Waals surface area contributed by atoms with Gasteiger partial charge in [0.1, 0.15) is 10.7 Å². The second-order valence-corrected chi connectivity index (χ2v) is 9.22. The van der Waals surface area contributed by atoms with Gasteiger partial charge in [-0.25, -0.2) is 4.98 Å². The second kappa shape index (κ2) is 11.0. The van der Waals surface area contributed by atoms with Crippen LogP contribution in [0.2, 0.25) is 0 Å². The van der Waals surface area contributed by atoms with E-state index in [0.29, 0.717) is 16.5 Å². The fraction of sp³-hybridized carbons (Fsp3) is 0.190. The van der Waals surface area contributed by atoms with Crippen LogP contribution in [0.15, 0.2) is 65.0 Å². The van der Waals surface area contributed by atoms with Crippen LogP contribution in [0.3, 0.4) is 0 Å². The first-order valence-corrected chi connectivity index (χ1v) is 11.9. The van der Waals surface area contributed by atoms with Crippen LogP contribution in [-0.4, -0.2) is 35.4 Å². The van der Waals surface area contributed by atoms with E-state index in [1.54, 1.807) is 18.8 Å². The molecule has 0 fully saturated rings. The molecule has 8 heteroatoms. The highest BCUT2D eigenvalue weighted by atomic mass is 32.2. The maximum absolute atomic E-state index is 12.5. The number of thioether (sulfide) groups is 2. The van der Waals surface area contributed by atoms with Crippen molar-refractivity contribution in [3.05, 3.63) is 66.2 Å². The Morgan fingerprint density at radius 2 is 1.66 bits per heavy atom. The summed E-state index contributed by atoms with van der Waals surface area (Å²) in [5.74, 6) is 1.32. The number of nitrogens with one attached hydrogen (secondary N) is 2. The maximum atomic E-state index is 12.5. The number of hydrogen-bond donors (Lipinski definition) is 2. The van der Waals surface area contributed by atoms with Gasteiger partial charge in [-0.3, -0.25) is 9.59 Å². The summed E-state index contributed by atoms with van der Waals surface area (Å²) >= 11 is 4.33. The lowest BCUT2D eigenvalue weighted by molar-refractivity contribution is -0.118. The van der Waals surface area contributed by atoms with Crippen molar-refractivity contribution in [2.45, 2.75) is 10.1 Å². The molecule has 0 spiro atoms. The predicted octanol–water partition coefficient (Wildman–Crippen LogP) is 4.52. The number of benzene rings is 2. The molecule has 0 saturated carbocycles. The van der Waals surface area contributed by atoms with Gasteiger partial charge in [-0.05, 0) is 5.56 Å². The van der Waals surface area contributed by atoms with Crippen LogP contribution in [0.5, 0.6) is 0 Å². The van der Waals surface area contributed by atoms with Gasteiger partial charge in [0.2, 0.25) is 11.8 Å². The third-order valence-electron chi connectivity index (χ3n) is 3.86. The van der Waals surface area contributed by atoms with E-state index in [9.17, 15) is 9.59 Å². The minimum atomic E-state index is -0.0608. The van der Waals surface area contributed by atoms with Crippen molar-refractivity contribution in [2.24, 2.45) is 0 Å². The molecule has 0 saturated heterocycles. The Bertz CT molecular complexity index is 946. The Labute approximate surface area is 182 Å². The maximum Gasteiger partial charge on any atom is 0.235 e. The zero-order chi connectivity index (χ0) is 20.5. The highest BCUT2D eigenvalue weighted by molar-refractivity contribution is 8.01. The largest absolute Gasteiger partial charge is 0.358 e. The summed E-state index contributed by atoms with van der Waals surface area (Å²) in [4.78, 5) is 28.7. The lowest BCUT2D eigenvalue weighted by Gasteiger charge is -2.05. The first-order valence-electron chi connectivity index (χ1n) is 8.97. The number of carbonyl (C=O) groups is 2. The average molecular weight is 444 g/mol. The summed E-state index contributed by atoms with van der Waals surface area (Å²) < 4.78 is 0.750. The topological polar surface area (TPSA) is 71.1 Å². The van der Waals surface area contributed by atoms with Crippen molar-refractivity contribution in [1.82, 2.24) is 10.3 Å². The summed E-state index contributed by atoms with van der Waals surface area (Å²) in [7, 11) is 1.61. The van der Waals surface area contributed by atoms with Crippen LogP contribution >= 0.6 is 34.9 Å². The fourth-order valence-corrected chi connectivity index (χ4v) is 5.18. The fourth-order valence-electron chi connectivity index (χ4n) is 2.44. The number of rotatable bonds is 9. The summed E-state index contributed by atoms with van der Waals surface area (Å²) in [6, 6.07) is 19.8. The standard InChI is InChI=1S/C21H21N3O2S3/c1-22-17(25)14-28-21-24-19(16-10-6-3-7-11-16)20(29-21)23-18(26)13-27-12-15-8-4-2-5-9-15/h2-11H,12-14H2,1H3,(H,22,25)(H,23,26). The first-order chi connectivity index (χ1) is 14.2. The van der Waals surface area contributed by atoms with Gasteiger partial charge in [0, 0.05) is 18.4 Å². The van der Waals surface area contributed by atoms with E-state index in [1.165, 1.54) is 28.7 Å². The molecule has 3 aromatic rings. The van der Waals surface area contributed by atoms with E-state index in [2.05, 4.69) is 27.8 Å². The van der Waals surface area contributed by atoms with Crippen LogP contribution in [0.1, 0.15) is 5.56 Å². The van der Waals surface area contributed by atoms with Crippen molar-refractivity contribution in [2.75, 3.05) is 23.9 Å². The van der Waals surface area contributed by atoms with Crippen molar-refractivity contribution in [3.8, 4) is 11.3 Å². The SMILES string of the molecule is CNC(=O)CSc1nc(-c2ccccc2)c(NC(=O)CSCc2ccccc2)s1. The highest BCUT2D eigenvalue weighted by Crippen LogP contribution is 2.37. The monoisotopic (exact) mass is 443 g/mol. The van der Waals surface area contributed by atoms with Gasteiger partial charge < -0.3 is 10.6 Å². The van der Waals surface area contributed by atoms with Crippen molar-refractivity contribution in [1.29, 1.82) is 0 Å². The third-order valence-corrected chi connectivity index (χ3v) is 6.98. The lowest BCUT2D eigenvalue weighted by Crippen LogP contribution is -2.19. The molecule has 2 amide bonds. The average Bonchev–Trinajstić information content (AvgIpc) is 3.16. The number of anilines is 1. The van der Waals surface area contributed by atoms with E-state index >= 15 is 0 Å². The van der Waals surface area contributed by atoms with E-state index in [-0.39, 0.29) is 11.8 Å². The summed E-state index contributed by atoms with van der Waals surface area (Å²) in [6.07, 6.45) is 0. The van der Waals surface area contributed by atoms with Gasteiger partial charge in [0.25, 0.3) is 0 Å². The van der Waals surface area contributed by atoms with Gasteiger partial charge in [-0.2, -0.15) is 0 Å². The molecule has 1 aromatic heterocycles. The van der Waals surface area contributed by atoms with Crippen LogP contribution in [0.25, 0.3) is 11.3 Å². The first kappa shape index (κ1) is 21.4. The summed E-state index contributed by atoms with van der Waals surface area (Å²) in [6.45, 7) is 0. The Kier molecular flexibility index (Phi) is 8.15. The van der Waals surface area contributed by atoms with Crippen LogP contribution < -0.4 is 10.6 Å². The van der Waals surface area contributed by atoms with Gasteiger partial charge in [0.05, 0.1) is 11.5 Å². The van der Waals surface area contributed by atoms with Crippen LogP contribution in [-0.2, 0) is 15.3 Å². The molecule has 29 heavy (non-hydrogen) atoms. The minimum absolute atomic E-state index is 0.0605. The van der Waals surface area contributed by atoms with E-state index in [0.717, 1.165) is 21.3 Å². The smallest absolute Gasteiger partial charge is 0.235 e. The molecule has 3 rings (SSSR count). The number of carbonyl (C=O) groups excluding carboxylic acids is 2.